The number of nitrogens with zero attached hydrogens (tertiary/aromatic N) is 4. The van der Waals surface area contributed by atoms with Crippen molar-refractivity contribution >= 4 is 11.8 Å². The van der Waals surface area contributed by atoms with E-state index in [0.29, 0.717) is 43.4 Å². The van der Waals surface area contributed by atoms with Gasteiger partial charge < -0.3 is 19.3 Å². The van der Waals surface area contributed by atoms with E-state index in [4.69, 9.17) is 9.47 Å². The van der Waals surface area contributed by atoms with E-state index in [-0.39, 0.29) is 18.4 Å². The fourth-order valence-electron chi connectivity index (χ4n) is 3.14. The number of hydrogen-bond acceptors (Lipinski definition) is 6. The summed E-state index contributed by atoms with van der Waals surface area (Å²) in [5.74, 6) is 0.942. The monoisotopic (exact) mass is 368 g/mol. The molecule has 4 rings (SSSR count). The SMILES string of the molecule is Cc1cnc(C(=O)N2CCN(C(=O)[C@H]3COc4ccccc4O3)CC2)cn1. The van der Waals surface area contributed by atoms with Crippen molar-refractivity contribution in [3.8, 4) is 11.5 Å². The highest BCUT2D eigenvalue weighted by Gasteiger charge is 2.33. The summed E-state index contributed by atoms with van der Waals surface area (Å²) in [7, 11) is 0. The first kappa shape index (κ1) is 17.3. The first-order valence-corrected chi connectivity index (χ1v) is 8.87. The Morgan fingerprint density at radius 1 is 1.00 bits per heavy atom. The molecule has 0 N–H and O–H groups in total. The van der Waals surface area contributed by atoms with Crippen molar-refractivity contribution in [3.05, 3.63) is 48.0 Å². The number of aryl methyl sites for hydroxylation is 1. The minimum Gasteiger partial charge on any atom is -0.485 e. The first-order valence-electron chi connectivity index (χ1n) is 8.87. The maximum Gasteiger partial charge on any atom is 0.274 e. The molecule has 1 aromatic heterocycles. The van der Waals surface area contributed by atoms with Crippen LogP contribution in [0.5, 0.6) is 11.5 Å². The van der Waals surface area contributed by atoms with Crippen LogP contribution >= 0.6 is 0 Å². The van der Waals surface area contributed by atoms with Gasteiger partial charge in [0.25, 0.3) is 11.8 Å². The van der Waals surface area contributed by atoms with Gasteiger partial charge in [-0.3, -0.25) is 14.6 Å². The van der Waals surface area contributed by atoms with E-state index in [2.05, 4.69) is 9.97 Å². The van der Waals surface area contributed by atoms with Gasteiger partial charge in [0.15, 0.2) is 11.5 Å². The molecule has 0 spiro atoms. The Labute approximate surface area is 156 Å². The Morgan fingerprint density at radius 3 is 2.41 bits per heavy atom. The molecular weight excluding hydrogens is 348 g/mol. The van der Waals surface area contributed by atoms with Gasteiger partial charge in [0.05, 0.1) is 11.9 Å². The molecule has 2 aliphatic rings. The number of para-hydroxylation sites is 2. The van der Waals surface area contributed by atoms with Crippen LogP contribution in [0.2, 0.25) is 0 Å². The molecule has 3 heterocycles. The summed E-state index contributed by atoms with van der Waals surface area (Å²) < 4.78 is 11.4. The summed E-state index contributed by atoms with van der Waals surface area (Å²) in [6.07, 6.45) is 2.40. The standard InChI is InChI=1S/C19H20N4O4/c1-13-10-21-14(11-20-13)18(24)22-6-8-23(9-7-22)19(25)17-12-26-15-4-2-3-5-16(15)27-17/h2-5,10-11,17H,6-9,12H2,1H3/t17-/m1/s1. The highest BCUT2D eigenvalue weighted by atomic mass is 16.6. The topological polar surface area (TPSA) is 84.9 Å². The molecule has 0 saturated carbocycles. The number of fused-ring (bicyclic) bond motifs is 1. The number of amides is 2. The second-order valence-electron chi connectivity index (χ2n) is 6.52. The zero-order chi connectivity index (χ0) is 18.8. The molecule has 2 aromatic rings. The smallest absolute Gasteiger partial charge is 0.274 e. The Balaban J connectivity index is 1.34. The van der Waals surface area contributed by atoms with Crippen LogP contribution in [0.15, 0.2) is 36.7 Å². The molecule has 8 nitrogen and oxygen atoms in total. The predicted octanol–water partition coefficient (Wildman–Crippen LogP) is 0.909. The van der Waals surface area contributed by atoms with Gasteiger partial charge in [-0.25, -0.2) is 4.98 Å². The van der Waals surface area contributed by atoms with Crippen molar-refractivity contribution in [2.75, 3.05) is 32.8 Å². The lowest BCUT2D eigenvalue weighted by Crippen LogP contribution is -2.55. The van der Waals surface area contributed by atoms with Gasteiger partial charge >= 0.3 is 0 Å². The Bertz CT molecular complexity index is 847. The summed E-state index contributed by atoms with van der Waals surface area (Å²) in [6, 6.07) is 7.30. The van der Waals surface area contributed by atoms with E-state index in [0.717, 1.165) is 5.69 Å². The van der Waals surface area contributed by atoms with Gasteiger partial charge in [-0.2, -0.15) is 0 Å². The van der Waals surface area contributed by atoms with E-state index in [1.165, 1.54) is 6.20 Å². The maximum atomic E-state index is 12.7. The van der Waals surface area contributed by atoms with E-state index in [9.17, 15) is 9.59 Å². The lowest BCUT2D eigenvalue weighted by atomic mass is 10.2. The van der Waals surface area contributed by atoms with E-state index < -0.39 is 6.10 Å². The molecule has 8 heteroatoms. The van der Waals surface area contributed by atoms with Crippen LogP contribution in [0.1, 0.15) is 16.2 Å². The third-order valence-corrected chi connectivity index (χ3v) is 4.66. The summed E-state index contributed by atoms with van der Waals surface area (Å²) >= 11 is 0. The Kier molecular flexibility index (Phi) is 4.62. The normalized spacial score (nSPS) is 18.9. The van der Waals surface area contributed by atoms with Crippen LogP contribution in [0.25, 0.3) is 0 Å². The van der Waals surface area contributed by atoms with Crippen LogP contribution in [-0.4, -0.2) is 70.5 Å². The summed E-state index contributed by atoms with van der Waals surface area (Å²) in [6.45, 7) is 3.81. The van der Waals surface area contributed by atoms with E-state index in [1.54, 1.807) is 22.1 Å². The number of ether oxygens (including phenoxy) is 2. The van der Waals surface area contributed by atoms with Crippen molar-refractivity contribution in [2.24, 2.45) is 0 Å². The van der Waals surface area contributed by atoms with Crippen molar-refractivity contribution in [1.82, 2.24) is 19.8 Å². The van der Waals surface area contributed by atoms with Gasteiger partial charge in [0, 0.05) is 32.4 Å². The number of aromatic nitrogens is 2. The highest BCUT2D eigenvalue weighted by molar-refractivity contribution is 5.92. The molecule has 2 aliphatic heterocycles. The van der Waals surface area contributed by atoms with Gasteiger partial charge in [0.1, 0.15) is 12.3 Å². The van der Waals surface area contributed by atoms with Crippen molar-refractivity contribution in [1.29, 1.82) is 0 Å². The van der Waals surface area contributed by atoms with Crippen LogP contribution in [-0.2, 0) is 4.79 Å². The second kappa shape index (κ2) is 7.22. The average molecular weight is 368 g/mol. The zero-order valence-corrected chi connectivity index (χ0v) is 15.0. The molecular formula is C19H20N4O4. The predicted molar refractivity (Wildman–Crippen MR) is 95.6 cm³/mol. The average Bonchev–Trinajstić information content (AvgIpc) is 2.73. The molecule has 2 amide bonds. The zero-order valence-electron chi connectivity index (χ0n) is 15.0. The van der Waals surface area contributed by atoms with Crippen LogP contribution < -0.4 is 9.47 Å². The number of carbonyl (C=O) groups excluding carboxylic acids is 2. The molecule has 27 heavy (non-hydrogen) atoms. The van der Waals surface area contributed by atoms with Crippen LogP contribution in [0.4, 0.5) is 0 Å². The van der Waals surface area contributed by atoms with Crippen molar-refractivity contribution in [3.63, 3.8) is 0 Å². The lowest BCUT2D eigenvalue weighted by Gasteiger charge is -2.37. The number of piperazine rings is 1. The van der Waals surface area contributed by atoms with Crippen LogP contribution in [0, 0.1) is 6.92 Å². The molecule has 0 aliphatic carbocycles. The van der Waals surface area contributed by atoms with E-state index in [1.807, 2.05) is 25.1 Å². The fourth-order valence-corrected chi connectivity index (χ4v) is 3.14. The molecule has 0 bridgehead atoms. The Morgan fingerprint density at radius 2 is 1.70 bits per heavy atom. The molecule has 1 atom stereocenters. The summed E-state index contributed by atoms with van der Waals surface area (Å²) in [5.41, 5.74) is 1.08. The highest BCUT2D eigenvalue weighted by Crippen LogP contribution is 2.31. The quantitative estimate of drug-likeness (QED) is 0.783. The molecule has 0 unspecified atom stereocenters. The van der Waals surface area contributed by atoms with Crippen LogP contribution in [0.3, 0.4) is 0 Å². The largest absolute Gasteiger partial charge is 0.485 e. The maximum absolute atomic E-state index is 12.7. The number of rotatable bonds is 2. The minimum atomic E-state index is -0.662. The number of carbonyl (C=O) groups is 2. The lowest BCUT2D eigenvalue weighted by molar-refractivity contribution is -0.142. The summed E-state index contributed by atoms with van der Waals surface area (Å²) in [4.78, 5) is 36.9. The summed E-state index contributed by atoms with van der Waals surface area (Å²) in [5, 5.41) is 0. The molecule has 140 valence electrons. The van der Waals surface area contributed by atoms with E-state index >= 15 is 0 Å². The molecule has 1 aromatic carbocycles. The molecule has 1 saturated heterocycles. The first-order chi connectivity index (χ1) is 13.1. The number of hydrogen-bond donors (Lipinski definition) is 0. The molecule has 1 fully saturated rings. The van der Waals surface area contributed by atoms with Crippen molar-refractivity contribution < 1.29 is 19.1 Å². The Hall–Kier alpha value is -3.16. The van der Waals surface area contributed by atoms with Gasteiger partial charge in [-0.05, 0) is 19.1 Å². The van der Waals surface area contributed by atoms with Gasteiger partial charge in [-0.1, -0.05) is 12.1 Å². The number of benzene rings is 1. The van der Waals surface area contributed by atoms with Gasteiger partial charge in [0.2, 0.25) is 6.10 Å². The third-order valence-electron chi connectivity index (χ3n) is 4.66. The molecule has 0 radical (unpaired) electrons. The minimum absolute atomic E-state index is 0.119. The fraction of sp³-hybridized carbons (Fsp3) is 0.368. The van der Waals surface area contributed by atoms with Crippen molar-refractivity contribution in [2.45, 2.75) is 13.0 Å². The second-order valence-corrected chi connectivity index (χ2v) is 6.52. The third kappa shape index (κ3) is 3.55. The van der Waals surface area contributed by atoms with Gasteiger partial charge in [-0.15, -0.1) is 0 Å².